The van der Waals surface area contributed by atoms with Crippen LogP contribution in [-0.4, -0.2) is 12.4 Å². The first-order chi connectivity index (χ1) is 9.06. The van der Waals surface area contributed by atoms with E-state index < -0.39 is 0 Å². The smallest absolute Gasteiger partial charge is 0.200 e. The summed E-state index contributed by atoms with van der Waals surface area (Å²) in [4.78, 5) is 11.9. The lowest BCUT2D eigenvalue weighted by molar-refractivity contribution is 0.0921. The van der Waals surface area contributed by atoms with Crippen LogP contribution in [0.4, 0.5) is 0 Å². The van der Waals surface area contributed by atoms with Crippen LogP contribution in [0.25, 0.3) is 0 Å². The third kappa shape index (κ3) is 4.09. The van der Waals surface area contributed by atoms with E-state index in [0.29, 0.717) is 21.4 Å². The monoisotopic (exact) mass is 406 g/mol. The van der Waals surface area contributed by atoms with Gasteiger partial charge in [0, 0.05) is 9.13 Å². The minimum Gasteiger partial charge on any atom is -0.485 e. The summed E-state index contributed by atoms with van der Waals surface area (Å²) in [5.74, 6) is 0.526. The molecule has 0 N–H and O–H groups in total. The lowest BCUT2D eigenvalue weighted by Crippen LogP contribution is -2.11. The normalized spacial score (nSPS) is 10.3. The molecule has 0 aliphatic rings. The van der Waals surface area contributed by atoms with Crippen LogP contribution < -0.4 is 4.74 Å². The van der Waals surface area contributed by atoms with Gasteiger partial charge in [0.15, 0.2) is 12.4 Å². The Kier molecular flexibility index (Phi) is 5.07. The van der Waals surface area contributed by atoms with E-state index in [1.54, 1.807) is 18.2 Å². The Hall–Kier alpha value is -0.780. The van der Waals surface area contributed by atoms with Crippen molar-refractivity contribution in [3.05, 3.63) is 61.6 Å². The quantitative estimate of drug-likeness (QED) is 0.535. The van der Waals surface area contributed by atoms with Crippen molar-refractivity contribution in [1.82, 2.24) is 0 Å². The molecule has 0 bridgehead atoms. The van der Waals surface area contributed by atoms with E-state index in [1.165, 1.54) is 0 Å². The summed E-state index contributed by atoms with van der Waals surface area (Å²) in [5, 5.41) is 0.790. The van der Waals surface area contributed by atoms with E-state index in [0.717, 1.165) is 3.57 Å². The van der Waals surface area contributed by atoms with Gasteiger partial charge >= 0.3 is 0 Å². The van der Waals surface area contributed by atoms with Crippen molar-refractivity contribution >= 4 is 51.6 Å². The van der Waals surface area contributed by atoms with Gasteiger partial charge < -0.3 is 4.74 Å². The van der Waals surface area contributed by atoms with E-state index in [9.17, 15) is 4.79 Å². The lowest BCUT2D eigenvalue weighted by atomic mass is 10.1. The zero-order chi connectivity index (χ0) is 13.8. The van der Waals surface area contributed by atoms with Crippen molar-refractivity contribution in [3.63, 3.8) is 0 Å². The van der Waals surface area contributed by atoms with Gasteiger partial charge in [0.25, 0.3) is 0 Å². The summed E-state index contributed by atoms with van der Waals surface area (Å²) in [7, 11) is 0. The van der Waals surface area contributed by atoms with Crippen LogP contribution in [0.1, 0.15) is 10.4 Å². The van der Waals surface area contributed by atoms with E-state index in [2.05, 4.69) is 22.6 Å². The standard InChI is InChI=1S/C14H9Cl2IO2/c15-12-5-4-9(6-13(12)16)14(18)8-19-11-3-1-2-10(17)7-11/h1-7H,8H2. The van der Waals surface area contributed by atoms with Gasteiger partial charge in [-0.05, 0) is 59.0 Å². The molecule has 0 spiro atoms. The topological polar surface area (TPSA) is 26.3 Å². The van der Waals surface area contributed by atoms with Crippen LogP contribution >= 0.6 is 45.8 Å². The molecule has 2 aromatic rings. The molecule has 0 aliphatic heterocycles. The van der Waals surface area contributed by atoms with Gasteiger partial charge in [-0.15, -0.1) is 0 Å². The fraction of sp³-hybridized carbons (Fsp3) is 0.0714. The van der Waals surface area contributed by atoms with Gasteiger partial charge in [-0.1, -0.05) is 29.3 Å². The first kappa shape index (κ1) is 14.6. The minimum absolute atomic E-state index is 0.0297. The highest BCUT2D eigenvalue weighted by atomic mass is 127. The van der Waals surface area contributed by atoms with Crippen LogP contribution in [0.5, 0.6) is 5.75 Å². The number of benzene rings is 2. The molecule has 0 heterocycles. The SMILES string of the molecule is O=C(COc1cccc(I)c1)c1ccc(Cl)c(Cl)c1. The van der Waals surface area contributed by atoms with Crippen molar-refractivity contribution in [2.75, 3.05) is 6.61 Å². The maximum Gasteiger partial charge on any atom is 0.200 e. The molecule has 0 atom stereocenters. The van der Waals surface area contributed by atoms with Crippen LogP contribution in [0.2, 0.25) is 10.0 Å². The number of hydrogen-bond donors (Lipinski definition) is 0. The molecule has 2 rings (SSSR count). The van der Waals surface area contributed by atoms with Crippen LogP contribution in [0, 0.1) is 3.57 Å². The molecule has 0 amide bonds. The predicted octanol–water partition coefficient (Wildman–Crippen LogP) is 4.86. The highest BCUT2D eigenvalue weighted by molar-refractivity contribution is 14.1. The summed E-state index contributed by atoms with van der Waals surface area (Å²) in [6, 6.07) is 12.3. The van der Waals surface area contributed by atoms with E-state index in [1.807, 2.05) is 24.3 Å². The predicted molar refractivity (Wildman–Crippen MR) is 85.4 cm³/mol. The van der Waals surface area contributed by atoms with Gasteiger partial charge in [0.1, 0.15) is 5.75 Å². The van der Waals surface area contributed by atoms with Crippen molar-refractivity contribution in [1.29, 1.82) is 0 Å². The van der Waals surface area contributed by atoms with Crippen LogP contribution in [0.15, 0.2) is 42.5 Å². The van der Waals surface area contributed by atoms with Gasteiger partial charge in [0.2, 0.25) is 0 Å². The molecule has 19 heavy (non-hydrogen) atoms. The number of carbonyl (C=O) groups excluding carboxylic acids is 1. The number of halogens is 3. The second-order valence-electron chi connectivity index (χ2n) is 3.80. The second-order valence-corrected chi connectivity index (χ2v) is 5.86. The highest BCUT2D eigenvalue weighted by Gasteiger charge is 2.09. The van der Waals surface area contributed by atoms with Gasteiger partial charge in [-0.25, -0.2) is 0 Å². The van der Waals surface area contributed by atoms with Crippen molar-refractivity contribution in [2.45, 2.75) is 0 Å². The lowest BCUT2D eigenvalue weighted by Gasteiger charge is -2.06. The Labute approximate surface area is 134 Å². The molecule has 0 saturated heterocycles. The van der Waals surface area contributed by atoms with Crippen LogP contribution in [0.3, 0.4) is 0 Å². The maximum atomic E-state index is 11.9. The fourth-order valence-electron chi connectivity index (χ4n) is 1.46. The average molecular weight is 407 g/mol. The molecule has 0 unspecified atom stereocenters. The molecule has 0 fully saturated rings. The summed E-state index contributed by atoms with van der Waals surface area (Å²) in [6.07, 6.45) is 0. The number of hydrogen-bond acceptors (Lipinski definition) is 2. The Balaban J connectivity index is 2.03. The Bertz CT molecular complexity index is 614. The molecule has 98 valence electrons. The zero-order valence-electron chi connectivity index (χ0n) is 9.70. The third-order valence-corrected chi connectivity index (χ3v) is 3.82. The number of rotatable bonds is 4. The average Bonchev–Trinajstić information content (AvgIpc) is 2.39. The van der Waals surface area contributed by atoms with Gasteiger partial charge in [-0.2, -0.15) is 0 Å². The molecule has 0 saturated carbocycles. The first-order valence-electron chi connectivity index (χ1n) is 5.43. The number of ketones is 1. The summed E-state index contributed by atoms with van der Waals surface area (Å²) < 4.78 is 6.50. The molecular weight excluding hydrogens is 398 g/mol. The molecular formula is C14H9Cl2IO2. The number of ether oxygens (including phenoxy) is 1. The summed E-state index contributed by atoms with van der Waals surface area (Å²) in [5.41, 5.74) is 0.486. The molecule has 5 heteroatoms. The summed E-state index contributed by atoms with van der Waals surface area (Å²) >= 11 is 13.9. The Morgan fingerprint density at radius 2 is 1.89 bits per heavy atom. The second kappa shape index (κ2) is 6.59. The largest absolute Gasteiger partial charge is 0.485 e. The highest BCUT2D eigenvalue weighted by Crippen LogP contribution is 2.23. The number of carbonyl (C=O) groups is 1. The zero-order valence-corrected chi connectivity index (χ0v) is 13.4. The maximum absolute atomic E-state index is 11.9. The molecule has 2 nitrogen and oxygen atoms in total. The van der Waals surface area contributed by atoms with E-state index in [4.69, 9.17) is 27.9 Å². The minimum atomic E-state index is -0.141. The van der Waals surface area contributed by atoms with Crippen molar-refractivity contribution in [3.8, 4) is 5.75 Å². The van der Waals surface area contributed by atoms with E-state index in [-0.39, 0.29) is 12.4 Å². The molecule has 0 aliphatic carbocycles. The van der Waals surface area contributed by atoms with Crippen LogP contribution in [-0.2, 0) is 0 Å². The van der Waals surface area contributed by atoms with Gasteiger partial charge in [-0.3, -0.25) is 4.79 Å². The Morgan fingerprint density at radius 3 is 2.58 bits per heavy atom. The molecule has 0 aromatic heterocycles. The Morgan fingerprint density at radius 1 is 1.11 bits per heavy atom. The fourth-order valence-corrected chi connectivity index (χ4v) is 2.27. The first-order valence-corrected chi connectivity index (χ1v) is 7.26. The molecule has 0 radical (unpaired) electrons. The van der Waals surface area contributed by atoms with E-state index >= 15 is 0 Å². The van der Waals surface area contributed by atoms with Crippen molar-refractivity contribution in [2.24, 2.45) is 0 Å². The number of Topliss-reactive ketones (excluding diaryl/α,β-unsaturated/α-hetero) is 1. The van der Waals surface area contributed by atoms with Crippen molar-refractivity contribution < 1.29 is 9.53 Å². The van der Waals surface area contributed by atoms with Gasteiger partial charge in [0.05, 0.1) is 10.0 Å². The molecule has 2 aromatic carbocycles. The summed E-state index contributed by atoms with van der Waals surface area (Å²) in [6.45, 7) is -0.0297. The third-order valence-electron chi connectivity index (χ3n) is 2.41.